The molecule has 0 aliphatic heterocycles. The number of rotatable bonds is 5. The van der Waals surface area contributed by atoms with Crippen LogP contribution in [0.1, 0.15) is 12.7 Å². The van der Waals surface area contributed by atoms with Gasteiger partial charge >= 0.3 is 0 Å². The van der Waals surface area contributed by atoms with Crippen LogP contribution in [0.15, 0.2) is 34.7 Å². The fourth-order valence-corrected chi connectivity index (χ4v) is 2.21. The second kappa shape index (κ2) is 4.89. The van der Waals surface area contributed by atoms with Crippen molar-refractivity contribution >= 4 is 21.0 Å². The number of hydrogen-bond donors (Lipinski definition) is 1. The highest BCUT2D eigenvalue weighted by Gasteiger charge is 2.07. The van der Waals surface area contributed by atoms with E-state index in [0.717, 1.165) is 16.7 Å². The van der Waals surface area contributed by atoms with Crippen LogP contribution in [0.5, 0.6) is 0 Å². The molecule has 0 spiro atoms. The van der Waals surface area contributed by atoms with Gasteiger partial charge in [0.15, 0.2) is 0 Å². The molecule has 0 bridgehead atoms. The summed E-state index contributed by atoms with van der Waals surface area (Å²) in [5.41, 5.74) is 0.834. The molecule has 5 heteroatoms. The molecule has 2 rings (SSSR count). The summed E-state index contributed by atoms with van der Waals surface area (Å²) in [5, 5.41) is 1.04. The molecule has 0 aliphatic rings. The summed E-state index contributed by atoms with van der Waals surface area (Å²) in [6.45, 7) is 1.99. The lowest BCUT2D eigenvalue weighted by Crippen LogP contribution is -2.27. The molecule has 0 saturated heterocycles. The van der Waals surface area contributed by atoms with Crippen LogP contribution in [0.2, 0.25) is 0 Å². The summed E-state index contributed by atoms with van der Waals surface area (Å²) in [5.74, 6) is 0.901. The number of sulfonamides is 1. The van der Waals surface area contributed by atoms with Gasteiger partial charge in [0.05, 0.1) is 5.75 Å². The van der Waals surface area contributed by atoms with Gasteiger partial charge in [-0.1, -0.05) is 18.2 Å². The Balaban J connectivity index is 2.00. The van der Waals surface area contributed by atoms with E-state index in [1.807, 2.05) is 30.3 Å². The van der Waals surface area contributed by atoms with E-state index in [4.69, 9.17) is 4.42 Å². The normalized spacial score (nSPS) is 12.1. The first-order valence-corrected chi connectivity index (χ1v) is 7.21. The Morgan fingerprint density at radius 2 is 2.06 bits per heavy atom. The smallest absolute Gasteiger partial charge is 0.211 e. The maximum Gasteiger partial charge on any atom is 0.211 e. The molecule has 2 aromatic rings. The topological polar surface area (TPSA) is 59.3 Å². The van der Waals surface area contributed by atoms with Crippen molar-refractivity contribution in [3.63, 3.8) is 0 Å². The summed E-state index contributed by atoms with van der Waals surface area (Å²) < 4.78 is 30.5. The molecule has 92 valence electrons. The predicted octanol–water partition coefficient (Wildman–Crippen LogP) is 1.91. The monoisotopic (exact) mass is 253 g/mol. The third-order valence-electron chi connectivity index (χ3n) is 2.55. The number of fused-ring (bicyclic) bond motifs is 1. The number of nitrogens with one attached hydrogen (secondary N) is 1. The van der Waals surface area contributed by atoms with Gasteiger partial charge in [-0.05, 0) is 19.1 Å². The second-order valence-corrected chi connectivity index (χ2v) is 5.89. The van der Waals surface area contributed by atoms with E-state index < -0.39 is 10.0 Å². The van der Waals surface area contributed by atoms with E-state index >= 15 is 0 Å². The van der Waals surface area contributed by atoms with Crippen molar-refractivity contribution in [3.8, 4) is 0 Å². The largest absolute Gasteiger partial charge is 0.461 e. The molecular formula is C12H15NO3S. The van der Waals surface area contributed by atoms with Gasteiger partial charge in [0.25, 0.3) is 0 Å². The van der Waals surface area contributed by atoms with Crippen molar-refractivity contribution in [2.75, 3.05) is 12.3 Å². The fourth-order valence-electron chi connectivity index (χ4n) is 1.59. The third-order valence-corrected chi connectivity index (χ3v) is 3.95. The van der Waals surface area contributed by atoms with Crippen molar-refractivity contribution < 1.29 is 12.8 Å². The molecule has 0 atom stereocenters. The van der Waals surface area contributed by atoms with E-state index in [1.165, 1.54) is 0 Å². The molecule has 1 aromatic carbocycles. The van der Waals surface area contributed by atoms with E-state index in [9.17, 15) is 8.42 Å². The lowest BCUT2D eigenvalue weighted by molar-refractivity contribution is 0.540. The zero-order chi connectivity index (χ0) is 12.3. The van der Waals surface area contributed by atoms with Crippen LogP contribution in [0.3, 0.4) is 0 Å². The molecule has 0 aliphatic carbocycles. The lowest BCUT2D eigenvalue weighted by atomic mass is 10.2. The van der Waals surface area contributed by atoms with Crippen LogP contribution >= 0.6 is 0 Å². The van der Waals surface area contributed by atoms with Crippen molar-refractivity contribution in [2.45, 2.75) is 13.3 Å². The van der Waals surface area contributed by atoms with Crippen molar-refractivity contribution in [2.24, 2.45) is 0 Å². The minimum Gasteiger partial charge on any atom is -0.461 e. The minimum atomic E-state index is -3.11. The van der Waals surface area contributed by atoms with Gasteiger partial charge in [-0.15, -0.1) is 0 Å². The summed E-state index contributed by atoms with van der Waals surface area (Å²) in [6.07, 6.45) is 0.563. The van der Waals surface area contributed by atoms with Crippen LogP contribution in [0, 0.1) is 0 Å². The van der Waals surface area contributed by atoms with Crippen molar-refractivity contribution in [1.29, 1.82) is 0 Å². The van der Waals surface area contributed by atoms with Crippen LogP contribution in [0.25, 0.3) is 11.0 Å². The number of hydrogen-bond acceptors (Lipinski definition) is 3. The first-order valence-electron chi connectivity index (χ1n) is 5.55. The highest BCUT2D eigenvalue weighted by atomic mass is 32.2. The van der Waals surface area contributed by atoms with E-state index in [1.54, 1.807) is 6.92 Å². The Morgan fingerprint density at radius 1 is 1.29 bits per heavy atom. The quantitative estimate of drug-likeness (QED) is 0.885. The summed E-state index contributed by atoms with van der Waals surface area (Å²) in [7, 11) is -3.11. The molecule has 0 saturated carbocycles. The van der Waals surface area contributed by atoms with Crippen molar-refractivity contribution in [3.05, 3.63) is 36.1 Å². The molecule has 17 heavy (non-hydrogen) atoms. The molecule has 1 heterocycles. The summed E-state index contributed by atoms with van der Waals surface area (Å²) in [6, 6.07) is 9.67. The van der Waals surface area contributed by atoms with Crippen LogP contribution in [0.4, 0.5) is 0 Å². The molecule has 4 nitrogen and oxygen atoms in total. The first-order chi connectivity index (χ1) is 8.11. The minimum absolute atomic E-state index is 0.104. The van der Waals surface area contributed by atoms with E-state index in [-0.39, 0.29) is 5.75 Å². The average Bonchev–Trinajstić information content (AvgIpc) is 2.71. The Hall–Kier alpha value is -1.33. The maximum atomic E-state index is 11.2. The van der Waals surface area contributed by atoms with E-state index in [0.29, 0.717) is 13.0 Å². The van der Waals surface area contributed by atoms with Gasteiger partial charge in [0.2, 0.25) is 10.0 Å². The molecule has 0 amide bonds. The SMILES string of the molecule is CCS(=O)(=O)NCCc1cc2ccccc2o1. The average molecular weight is 253 g/mol. The fraction of sp³-hybridized carbons (Fsp3) is 0.333. The number of benzene rings is 1. The van der Waals surface area contributed by atoms with Crippen LogP contribution in [-0.2, 0) is 16.4 Å². The Bertz CT molecular complexity index is 568. The maximum absolute atomic E-state index is 11.2. The van der Waals surface area contributed by atoms with Gasteiger partial charge in [-0.25, -0.2) is 13.1 Å². The zero-order valence-corrected chi connectivity index (χ0v) is 10.5. The predicted molar refractivity (Wildman–Crippen MR) is 67.4 cm³/mol. The highest BCUT2D eigenvalue weighted by molar-refractivity contribution is 7.89. The Morgan fingerprint density at radius 3 is 2.76 bits per heavy atom. The van der Waals surface area contributed by atoms with Gasteiger partial charge in [-0.3, -0.25) is 0 Å². The van der Waals surface area contributed by atoms with Crippen LogP contribution < -0.4 is 4.72 Å². The molecular weight excluding hydrogens is 238 g/mol. The standard InChI is InChI=1S/C12H15NO3S/c1-2-17(14,15)13-8-7-11-9-10-5-3-4-6-12(10)16-11/h3-6,9,13H,2,7-8H2,1H3. The molecule has 0 radical (unpaired) electrons. The number of furan rings is 1. The molecule has 1 aromatic heterocycles. The van der Waals surface area contributed by atoms with Crippen molar-refractivity contribution in [1.82, 2.24) is 4.72 Å². The van der Waals surface area contributed by atoms with E-state index in [2.05, 4.69) is 4.72 Å². The zero-order valence-electron chi connectivity index (χ0n) is 9.64. The third kappa shape index (κ3) is 3.08. The molecule has 1 N–H and O–H groups in total. The first kappa shape index (κ1) is 12.1. The lowest BCUT2D eigenvalue weighted by Gasteiger charge is -2.01. The molecule has 0 fully saturated rings. The Kier molecular flexibility index (Phi) is 3.49. The summed E-state index contributed by atoms with van der Waals surface area (Å²) >= 11 is 0. The van der Waals surface area contributed by atoms with Gasteiger partial charge < -0.3 is 4.42 Å². The molecule has 0 unspecified atom stereocenters. The van der Waals surface area contributed by atoms with Crippen LogP contribution in [-0.4, -0.2) is 20.7 Å². The van der Waals surface area contributed by atoms with Gasteiger partial charge in [0, 0.05) is 18.4 Å². The van der Waals surface area contributed by atoms with Gasteiger partial charge in [0.1, 0.15) is 11.3 Å². The summed E-state index contributed by atoms with van der Waals surface area (Å²) in [4.78, 5) is 0. The van der Waals surface area contributed by atoms with Gasteiger partial charge in [-0.2, -0.15) is 0 Å². The number of para-hydroxylation sites is 1. The Labute approximate surface area is 101 Å². The second-order valence-electron chi connectivity index (χ2n) is 3.80. The highest BCUT2D eigenvalue weighted by Crippen LogP contribution is 2.18.